The van der Waals surface area contributed by atoms with Crippen molar-refractivity contribution in [3.05, 3.63) is 36.3 Å². The largest absolute Gasteiger partial charge is 0.493 e. The number of hydrogen-bond donors (Lipinski definition) is 1. The molecule has 2 aromatic rings. The molecule has 0 saturated carbocycles. The first-order valence-corrected chi connectivity index (χ1v) is 4.21. The van der Waals surface area contributed by atoms with Crippen molar-refractivity contribution in [3.63, 3.8) is 0 Å². The summed E-state index contributed by atoms with van der Waals surface area (Å²) >= 11 is 0. The standard InChI is InChI=1S/C10H9N3O/c1-7-6-9(14)13-10(12-7)8-2-4-11-5-3-8/h2-6H,1H3,(H,12,13,14). The predicted molar refractivity (Wildman–Crippen MR) is 51.7 cm³/mol. The number of aromatic hydroxyl groups is 1. The fourth-order valence-electron chi connectivity index (χ4n) is 1.18. The minimum atomic E-state index is -0.00990. The van der Waals surface area contributed by atoms with Crippen LogP contribution in [0.2, 0.25) is 0 Å². The maximum Gasteiger partial charge on any atom is 0.214 e. The third-order valence-corrected chi connectivity index (χ3v) is 1.78. The predicted octanol–water partition coefficient (Wildman–Crippen LogP) is 1.55. The molecule has 0 bridgehead atoms. The van der Waals surface area contributed by atoms with Gasteiger partial charge in [-0.15, -0.1) is 0 Å². The number of nitrogens with zero attached hydrogens (tertiary/aromatic N) is 3. The Balaban J connectivity index is 2.52. The van der Waals surface area contributed by atoms with Gasteiger partial charge in [-0.25, -0.2) is 4.98 Å². The van der Waals surface area contributed by atoms with E-state index in [2.05, 4.69) is 15.0 Å². The molecule has 0 radical (unpaired) electrons. The van der Waals surface area contributed by atoms with E-state index in [9.17, 15) is 5.11 Å². The molecule has 0 atom stereocenters. The van der Waals surface area contributed by atoms with Crippen LogP contribution in [-0.4, -0.2) is 20.1 Å². The molecular formula is C10H9N3O. The minimum absolute atomic E-state index is 0.00990. The summed E-state index contributed by atoms with van der Waals surface area (Å²) in [6.45, 7) is 1.81. The number of hydrogen-bond acceptors (Lipinski definition) is 4. The molecule has 70 valence electrons. The Bertz CT molecular complexity index is 422. The molecule has 0 amide bonds. The van der Waals surface area contributed by atoms with E-state index >= 15 is 0 Å². The Hall–Kier alpha value is -1.97. The van der Waals surface area contributed by atoms with Crippen molar-refractivity contribution in [3.8, 4) is 17.3 Å². The molecular weight excluding hydrogens is 178 g/mol. The lowest BCUT2D eigenvalue weighted by Gasteiger charge is -2.01. The molecule has 2 rings (SSSR count). The maximum atomic E-state index is 9.29. The van der Waals surface area contributed by atoms with E-state index in [-0.39, 0.29) is 5.88 Å². The normalized spacial score (nSPS) is 10.1. The molecule has 0 unspecified atom stereocenters. The summed E-state index contributed by atoms with van der Waals surface area (Å²) in [5.74, 6) is 0.509. The van der Waals surface area contributed by atoms with E-state index in [1.54, 1.807) is 24.5 Å². The summed E-state index contributed by atoms with van der Waals surface area (Å²) in [4.78, 5) is 12.0. The highest BCUT2D eigenvalue weighted by Gasteiger charge is 2.02. The van der Waals surface area contributed by atoms with E-state index in [1.165, 1.54) is 6.07 Å². The average molecular weight is 187 g/mol. The monoisotopic (exact) mass is 187 g/mol. The van der Waals surface area contributed by atoms with Gasteiger partial charge in [0.15, 0.2) is 5.82 Å². The second kappa shape index (κ2) is 3.41. The summed E-state index contributed by atoms with van der Waals surface area (Å²) in [5.41, 5.74) is 1.59. The van der Waals surface area contributed by atoms with Gasteiger partial charge in [-0.1, -0.05) is 0 Å². The zero-order chi connectivity index (χ0) is 9.97. The molecule has 0 aliphatic carbocycles. The van der Waals surface area contributed by atoms with Crippen molar-refractivity contribution in [2.24, 2.45) is 0 Å². The highest BCUT2D eigenvalue weighted by Crippen LogP contribution is 2.16. The third-order valence-electron chi connectivity index (χ3n) is 1.78. The summed E-state index contributed by atoms with van der Waals surface area (Å²) in [6.07, 6.45) is 3.33. The smallest absolute Gasteiger partial charge is 0.214 e. The molecule has 2 heterocycles. The lowest BCUT2D eigenvalue weighted by Crippen LogP contribution is -1.91. The Morgan fingerprint density at radius 3 is 2.50 bits per heavy atom. The van der Waals surface area contributed by atoms with Gasteiger partial charge in [0.1, 0.15) is 0 Å². The van der Waals surface area contributed by atoms with Gasteiger partial charge in [0.2, 0.25) is 5.88 Å². The molecule has 0 aromatic carbocycles. The summed E-state index contributed by atoms with van der Waals surface area (Å²) in [7, 11) is 0. The molecule has 0 saturated heterocycles. The van der Waals surface area contributed by atoms with Gasteiger partial charge in [-0.3, -0.25) is 4.98 Å². The van der Waals surface area contributed by atoms with Crippen LogP contribution in [0.4, 0.5) is 0 Å². The number of aryl methyl sites for hydroxylation is 1. The van der Waals surface area contributed by atoms with E-state index in [1.807, 2.05) is 6.92 Å². The SMILES string of the molecule is Cc1cc(O)nc(-c2ccncc2)n1. The van der Waals surface area contributed by atoms with Gasteiger partial charge >= 0.3 is 0 Å². The van der Waals surface area contributed by atoms with Crippen LogP contribution in [0.1, 0.15) is 5.69 Å². The Morgan fingerprint density at radius 1 is 1.14 bits per heavy atom. The first kappa shape index (κ1) is 8.62. The molecule has 0 aliphatic heterocycles. The van der Waals surface area contributed by atoms with E-state index < -0.39 is 0 Å². The van der Waals surface area contributed by atoms with Crippen molar-refractivity contribution >= 4 is 0 Å². The first-order valence-electron chi connectivity index (χ1n) is 4.21. The molecule has 4 heteroatoms. The van der Waals surface area contributed by atoms with Crippen molar-refractivity contribution in [2.45, 2.75) is 6.92 Å². The van der Waals surface area contributed by atoms with Crippen molar-refractivity contribution in [1.29, 1.82) is 0 Å². The van der Waals surface area contributed by atoms with E-state index in [0.29, 0.717) is 5.82 Å². The zero-order valence-corrected chi connectivity index (χ0v) is 7.68. The Kier molecular flexibility index (Phi) is 2.10. The van der Waals surface area contributed by atoms with Crippen molar-refractivity contribution in [1.82, 2.24) is 15.0 Å². The summed E-state index contributed by atoms with van der Waals surface area (Å²) in [5, 5.41) is 9.29. The van der Waals surface area contributed by atoms with Crippen LogP contribution in [0.5, 0.6) is 5.88 Å². The fourth-order valence-corrected chi connectivity index (χ4v) is 1.18. The van der Waals surface area contributed by atoms with E-state index in [4.69, 9.17) is 0 Å². The van der Waals surface area contributed by atoms with Crippen molar-refractivity contribution in [2.75, 3.05) is 0 Å². The number of rotatable bonds is 1. The fraction of sp³-hybridized carbons (Fsp3) is 0.100. The van der Waals surface area contributed by atoms with Gasteiger partial charge in [0.05, 0.1) is 0 Å². The van der Waals surface area contributed by atoms with Crippen molar-refractivity contribution < 1.29 is 5.11 Å². The van der Waals surface area contributed by atoms with Gasteiger partial charge in [-0.2, -0.15) is 4.98 Å². The molecule has 4 nitrogen and oxygen atoms in total. The highest BCUT2D eigenvalue weighted by atomic mass is 16.3. The number of aromatic nitrogens is 3. The maximum absolute atomic E-state index is 9.29. The van der Waals surface area contributed by atoms with E-state index in [0.717, 1.165) is 11.3 Å². The highest BCUT2D eigenvalue weighted by molar-refractivity contribution is 5.54. The second-order valence-corrected chi connectivity index (χ2v) is 2.93. The number of pyridine rings is 1. The molecule has 0 fully saturated rings. The lowest BCUT2D eigenvalue weighted by atomic mass is 10.2. The van der Waals surface area contributed by atoms with Crippen LogP contribution in [-0.2, 0) is 0 Å². The second-order valence-electron chi connectivity index (χ2n) is 2.93. The van der Waals surface area contributed by atoms with Crippen LogP contribution in [0.3, 0.4) is 0 Å². The zero-order valence-electron chi connectivity index (χ0n) is 7.68. The minimum Gasteiger partial charge on any atom is -0.493 e. The summed E-state index contributed by atoms with van der Waals surface area (Å²) in [6, 6.07) is 5.12. The first-order chi connectivity index (χ1) is 6.75. The molecule has 0 aliphatic rings. The average Bonchev–Trinajstić information content (AvgIpc) is 2.18. The van der Waals surface area contributed by atoms with Crippen LogP contribution in [0.15, 0.2) is 30.6 Å². The molecule has 2 aromatic heterocycles. The van der Waals surface area contributed by atoms with Gasteiger partial charge in [0.25, 0.3) is 0 Å². The molecule has 14 heavy (non-hydrogen) atoms. The molecule has 0 spiro atoms. The topological polar surface area (TPSA) is 58.9 Å². The quantitative estimate of drug-likeness (QED) is 0.735. The van der Waals surface area contributed by atoms with Crippen LogP contribution >= 0.6 is 0 Å². The van der Waals surface area contributed by atoms with Gasteiger partial charge in [0, 0.05) is 29.7 Å². The lowest BCUT2D eigenvalue weighted by molar-refractivity contribution is 0.452. The van der Waals surface area contributed by atoms with Crippen LogP contribution in [0.25, 0.3) is 11.4 Å². The third kappa shape index (κ3) is 1.69. The van der Waals surface area contributed by atoms with Gasteiger partial charge in [-0.05, 0) is 19.1 Å². The molecule has 1 N–H and O–H groups in total. The Labute approximate surface area is 81.3 Å². The Morgan fingerprint density at radius 2 is 1.86 bits per heavy atom. The van der Waals surface area contributed by atoms with Crippen LogP contribution < -0.4 is 0 Å². The van der Waals surface area contributed by atoms with Crippen LogP contribution in [0, 0.1) is 6.92 Å². The summed E-state index contributed by atoms with van der Waals surface area (Å²) < 4.78 is 0. The van der Waals surface area contributed by atoms with Gasteiger partial charge < -0.3 is 5.11 Å².